The lowest BCUT2D eigenvalue weighted by Crippen LogP contribution is -2.15. The molecule has 0 atom stereocenters. The van der Waals surface area contributed by atoms with Gasteiger partial charge in [0.15, 0.2) is 0 Å². The third-order valence-electron chi connectivity index (χ3n) is 1.60. The van der Waals surface area contributed by atoms with Gasteiger partial charge in [-0.15, -0.1) is 0 Å². The zero-order valence-corrected chi connectivity index (χ0v) is 11.1. The summed E-state index contributed by atoms with van der Waals surface area (Å²) in [5, 5.41) is 2.46. The van der Waals surface area contributed by atoms with Crippen molar-refractivity contribution in [2.45, 2.75) is 33.3 Å². The van der Waals surface area contributed by atoms with Gasteiger partial charge in [0.2, 0.25) is 6.41 Å². The molecule has 0 aromatic heterocycles. The topological polar surface area (TPSA) is 64.6 Å². The van der Waals surface area contributed by atoms with Gasteiger partial charge in [-0.25, -0.2) is 4.79 Å². The zero-order chi connectivity index (χ0) is 13.7. The number of nitrogens with one attached hydrogen (secondary N) is 1. The Morgan fingerprint density at radius 2 is 2.00 bits per heavy atom. The molecule has 0 rings (SSSR count). The van der Waals surface area contributed by atoms with E-state index >= 15 is 0 Å². The van der Waals surface area contributed by atoms with Crippen LogP contribution in [0.15, 0.2) is 12.2 Å². The van der Waals surface area contributed by atoms with E-state index in [1.54, 1.807) is 14.0 Å². The Kier molecular flexibility index (Phi) is 13.5. The van der Waals surface area contributed by atoms with Crippen LogP contribution in [0.2, 0.25) is 0 Å². The average molecular weight is 245 g/mol. The van der Waals surface area contributed by atoms with E-state index in [-0.39, 0.29) is 5.97 Å². The van der Waals surface area contributed by atoms with Gasteiger partial charge in [-0.2, -0.15) is 0 Å². The number of hydrogen-bond donors (Lipinski definition) is 1. The van der Waals surface area contributed by atoms with Gasteiger partial charge in [-0.3, -0.25) is 4.79 Å². The second kappa shape index (κ2) is 12.7. The predicted octanol–water partition coefficient (Wildman–Crippen LogP) is 1.28. The highest BCUT2D eigenvalue weighted by molar-refractivity contribution is 5.86. The summed E-state index contributed by atoms with van der Waals surface area (Å²) in [5.74, 6) is -0.388. The molecule has 1 amide bonds. The number of carbonyl (C=O) groups is 2. The molecule has 0 unspecified atom stereocenters. The van der Waals surface area contributed by atoms with Crippen LogP contribution in [0, 0.1) is 0 Å². The van der Waals surface area contributed by atoms with Crippen LogP contribution in [0.3, 0.4) is 0 Å². The minimum Gasteiger partial charge on any atom is -0.462 e. The number of methoxy groups -OCH3 is 1. The number of esters is 1. The van der Waals surface area contributed by atoms with Crippen LogP contribution >= 0.6 is 0 Å². The number of amides is 1. The van der Waals surface area contributed by atoms with E-state index in [0.29, 0.717) is 37.7 Å². The average Bonchev–Trinajstić information content (AvgIpc) is 2.29. The first-order valence-corrected chi connectivity index (χ1v) is 5.48. The van der Waals surface area contributed by atoms with Gasteiger partial charge in [0.25, 0.3) is 0 Å². The largest absolute Gasteiger partial charge is 0.462 e. The van der Waals surface area contributed by atoms with Gasteiger partial charge in [-0.1, -0.05) is 6.58 Å². The van der Waals surface area contributed by atoms with Crippen LogP contribution in [-0.2, 0) is 19.1 Å². The minimum absolute atomic E-state index is 0.312. The molecule has 0 saturated heterocycles. The first kappa shape index (κ1) is 18.0. The summed E-state index contributed by atoms with van der Waals surface area (Å²) in [6, 6.07) is 0. The second-order valence-corrected chi connectivity index (χ2v) is 3.63. The van der Waals surface area contributed by atoms with Crippen LogP contribution in [0.25, 0.3) is 0 Å². The van der Waals surface area contributed by atoms with Crippen molar-refractivity contribution in [1.82, 2.24) is 5.32 Å². The number of carbonyl (C=O) groups excluding carboxylic acids is 2. The summed E-state index contributed by atoms with van der Waals surface area (Å²) in [4.78, 5) is 20.5. The van der Waals surface area contributed by atoms with Gasteiger partial charge < -0.3 is 14.8 Å². The molecule has 5 heteroatoms. The summed E-state index contributed by atoms with van der Waals surface area (Å²) in [7, 11) is 1.70. The lowest BCUT2D eigenvalue weighted by Gasteiger charge is -2.02. The molecule has 5 nitrogen and oxygen atoms in total. The van der Waals surface area contributed by atoms with E-state index < -0.39 is 0 Å². The predicted molar refractivity (Wildman–Crippen MR) is 66.6 cm³/mol. The summed E-state index contributed by atoms with van der Waals surface area (Å²) in [6.07, 6.45) is 1.62. The molecule has 0 fully saturated rings. The van der Waals surface area contributed by atoms with Gasteiger partial charge in [0.05, 0.1) is 12.7 Å². The molecule has 0 radical (unpaired) electrons. The van der Waals surface area contributed by atoms with Crippen LogP contribution in [-0.4, -0.2) is 38.7 Å². The van der Waals surface area contributed by atoms with Gasteiger partial charge in [0.1, 0.15) is 0 Å². The van der Waals surface area contributed by atoms with Crippen molar-refractivity contribution in [2.75, 3.05) is 20.3 Å². The van der Waals surface area contributed by atoms with Crippen molar-refractivity contribution in [1.29, 1.82) is 0 Å². The van der Waals surface area contributed by atoms with E-state index in [1.807, 2.05) is 13.8 Å². The molecule has 0 aliphatic heterocycles. The van der Waals surface area contributed by atoms with Crippen LogP contribution in [0.5, 0.6) is 0 Å². The molecule has 0 aliphatic rings. The summed E-state index contributed by atoms with van der Waals surface area (Å²) in [6.45, 7) is 9.85. The van der Waals surface area contributed by atoms with Crippen molar-refractivity contribution in [3.8, 4) is 0 Å². The quantitative estimate of drug-likeness (QED) is 0.317. The highest BCUT2D eigenvalue weighted by atomic mass is 16.5. The molecule has 0 spiro atoms. The lowest BCUT2D eigenvalue weighted by atomic mass is 10.3. The maximum atomic E-state index is 10.8. The van der Waals surface area contributed by atoms with E-state index in [9.17, 15) is 9.59 Å². The molecule has 0 aromatic rings. The number of ether oxygens (including phenoxy) is 2. The van der Waals surface area contributed by atoms with Crippen molar-refractivity contribution >= 4 is 12.4 Å². The smallest absolute Gasteiger partial charge is 0.333 e. The maximum Gasteiger partial charge on any atom is 0.333 e. The first-order chi connectivity index (χ1) is 7.95. The van der Waals surface area contributed by atoms with E-state index in [1.165, 1.54) is 0 Å². The Labute approximate surface area is 103 Å². The van der Waals surface area contributed by atoms with Gasteiger partial charge in [-0.05, 0) is 27.2 Å². The number of rotatable bonds is 7. The molecule has 1 N–H and O–H groups in total. The van der Waals surface area contributed by atoms with Crippen LogP contribution in [0.1, 0.15) is 27.2 Å². The lowest BCUT2D eigenvalue weighted by molar-refractivity contribution is -0.138. The Morgan fingerprint density at radius 1 is 1.47 bits per heavy atom. The molecular weight excluding hydrogens is 222 g/mol. The zero-order valence-electron chi connectivity index (χ0n) is 11.1. The Balaban J connectivity index is 0. The maximum absolute atomic E-state index is 10.8. The van der Waals surface area contributed by atoms with Crippen molar-refractivity contribution in [3.05, 3.63) is 12.2 Å². The highest BCUT2D eigenvalue weighted by Gasteiger charge is 2.00. The van der Waals surface area contributed by atoms with E-state index in [0.717, 1.165) is 0 Å². The van der Waals surface area contributed by atoms with E-state index in [4.69, 9.17) is 9.47 Å². The Hall–Kier alpha value is -1.36. The third kappa shape index (κ3) is 17.3. The summed E-state index contributed by atoms with van der Waals surface area (Å²) in [5.41, 5.74) is 0.387. The number of hydrogen-bond acceptors (Lipinski definition) is 4. The molecule has 0 saturated carbocycles. The monoisotopic (exact) mass is 245 g/mol. The normalized spacial score (nSPS) is 9.00. The second-order valence-electron chi connectivity index (χ2n) is 3.63. The molecule has 0 aliphatic carbocycles. The SMILES string of the molecule is C=C(C)C(=O)OCCCNC=O.COC(C)C. The first-order valence-electron chi connectivity index (χ1n) is 5.48. The van der Waals surface area contributed by atoms with Crippen LogP contribution < -0.4 is 5.32 Å². The fraction of sp³-hybridized carbons (Fsp3) is 0.667. The fourth-order valence-corrected chi connectivity index (χ4v) is 0.521. The Morgan fingerprint density at radius 3 is 2.35 bits per heavy atom. The van der Waals surface area contributed by atoms with Crippen LogP contribution in [0.4, 0.5) is 0 Å². The fourth-order valence-electron chi connectivity index (χ4n) is 0.521. The molecular formula is C12H23NO4. The molecule has 0 heterocycles. The summed E-state index contributed by atoms with van der Waals surface area (Å²) >= 11 is 0. The van der Waals surface area contributed by atoms with Gasteiger partial charge >= 0.3 is 5.97 Å². The standard InChI is InChI=1S/C8H13NO3.C4H10O/c1-7(2)8(11)12-5-3-4-9-6-10;1-4(2)5-3/h6H,1,3-5H2,2H3,(H,9,10);4H,1-3H3. The van der Waals surface area contributed by atoms with E-state index in [2.05, 4.69) is 11.9 Å². The summed E-state index contributed by atoms with van der Waals surface area (Å²) < 4.78 is 9.51. The third-order valence-corrected chi connectivity index (χ3v) is 1.60. The Bertz CT molecular complexity index is 227. The molecule has 0 bridgehead atoms. The van der Waals surface area contributed by atoms with Gasteiger partial charge in [0, 0.05) is 19.2 Å². The molecule has 17 heavy (non-hydrogen) atoms. The van der Waals surface area contributed by atoms with Crippen molar-refractivity contribution in [3.63, 3.8) is 0 Å². The minimum atomic E-state index is -0.388. The molecule has 0 aromatic carbocycles. The van der Waals surface area contributed by atoms with Crippen molar-refractivity contribution < 1.29 is 19.1 Å². The highest BCUT2D eigenvalue weighted by Crippen LogP contribution is 1.92. The van der Waals surface area contributed by atoms with Crippen molar-refractivity contribution in [2.24, 2.45) is 0 Å². The molecule has 100 valence electrons.